The average molecular weight is 255 g/mol. The molecule has 0 fully saturated rings. The highest BCUT2D eigenvalue weighted by Gasteiger charge is 2.19. The quantitative estimate of drug-likeness (QED) is 0.741. The fraction of sp³-hybridized carbons (Fsp3) is 0.353. The van der Waals surface area contributed by atoms with E-state index >= 15 is 0 Å². The monoisotopic (exact) mass is 255 g/mol. The lowest BCUT2D eigenvalue weighted by atomic mass is 10.2. The van der Waals surface area contributed by atoms with E-state index in [4.69, 9.17) is 0 Å². The normalized spacial score (nSPS) is 10.5. The molecule has 0 saturated carbocycles. The molecule has 0 unspecified atom stereocenters. The molecule has 0 atom stereocenters. The molecule has 0 saturated heterocycles. The second-order valence-electron chi connectivity index (χ2n) is 4.85. The Bertz CT molecular complexity index is 520. The first-order valence-electron chi connectivity index (χ1n) is 7.10. The predicted octanol–water partition coefficient (Wildman–Crippen LogP) is 3.52. The third-order valence-corrected chi connectivity index (χ3v) is 3.28. The Morgan fingerprint density at radius 2 is 1.79 bits per heavy atom. The topological polar surface area (TPSA) is 7.12 Å². The van der Waals surface area contributed by atoms with Crippen LogP contribution in [0.25, 0.3) is 0 Å². The molecule has 2 heteroatoms. The van der Waals surface area contributed by atoms with Gasteiger partial charge in [-0.2, -0.15) is 0 Å². The SMILES string of the molecule is CCCN(c1ccccc1)[n+]1ccc(C)cc1CC. The lowest BCUT2D eigenvalue weighted by Gasteiger charge is -2.19. The molecule has 2 nitrogen and oxygen atoms in total. The minimum Gasteiger partial charge on any atom is -0.148 e. The molecule has 0 aliphatic rings. The van der Waals surface area contributed by atoms with E-state index in [-0.39, 0.29) is 0 Å². The van der Waals surface area contributed by atoms with Crippen LogP contribution in [0.2, 0.25) is 0 Å². The molecule has 0 bridgehead atoms. The van der Waals surface area contributed by atoms with Gasteiger partial charge in [0.25, 0.3) is 0 Å². The number of anilines is 1. The van der Waals surface area contributed by atoms with Gasteiger partial charge < -0.3 is 0 Å². The maximum atomic E-state index is 2.35. The fourth-order valence-corrected chi connectivity index (χ4v) is 2.33. The van der Waals surface area contributed by atoms with Crippen LogP contribution >= 0.6 is 0 Å². The van der Waals surface area contributed by atoms with Crippen LogP contribution in [0.1, 0.15) is 31.5 Å². The minimum atomic E-state index is 1.02. The molecule has 0 aliphatic carbocycles. The van der Waals surface area contributed by atoms with Gasteiger partial charge in [0.05, 0.1) is 12.2 Å². The van der Waals surface area contributed by atoms with Crippen LogP contribution in [0.3, 0.4) is 0 Å². The third-order valence-electron chi connectivity index (χ3n) is 3.28. The zero-order valence-corrected chi connectivity index (χ0v) is 12.1. The summed E-state index contributed by atoms with van der Waals surface area (Å²) in [5.74, 6) is 0. The first-order chi connectivity index (χ1) is 9.26. The van der Waals surface area contributed by atoms with Gasteiger partial charge in [-0.3, -0.25) is 0 Å². The number of rotatable bonds is 5. The highest BCUT2D eigenvalue weighted by molar-refractivity contribution is 5.42. The van der Waals surface area contributed by atoms with Gasteiger partial charge in [-0.15, -0.1) is 5.01 Å². The van der Waals surface area contributed by atoms with Crippen molar-refractivity contribution >= 4 is 5.69 Å². The number of para-hydroxylation sites is 1. The number of pyridine rings is 1. The van der Waals surface area contributed by atoms with E-state index in [1.54, 1.807) is 0 Å². The van der Waals surface area contributed by atoms with E-state index < -0.39 is 0 Å². The molecular formula is C17H23N2+. The van der Waals surface area contributed by atoms with Gasteiger partial charge in [0.2, 0.25) is 11.9 Å². The van der Waals surface area contributed by atoms with Crippen molar-refractivity contribution in [3.63, 3.8) is 0 Å². The number of benzene rings is 1. The zero-order chi connectivity index (χ0) is 13.7. The zero-order valence-electron chi connectivity index (χ0n) is 12.1. The van der Waals surface area contributed by atoms with Crippen molar-refractivity contribution in [3.8, 4) is 0 Å². The highest BCUT2D eigenvalue weighted by Crippen LogP contribution is 2.12. The lowest BCUT2D eigenvalue weighted by Crippen LogP contribution is -2.57. The second kappa shape index (κ2) is 6.37. The van der Waals surface area contributed by atoms with Crippen molar-refractivity contribution in [2.45, 2.75) is 33.6 Å². The third kappa shape index (κ3) is 3.14. The van der Waals surface area contributed by atoms with E-state index in [0.717, 1.165) is 19.4 Å². The lowest BCUT2D eigenvalue weighted by molar-refractivity contribution is -0.691. The Hall–Kier alpha value is -1.83. The number of hydrogen-bond donors (Lipinski definition) is 0. The summed E-state index contributed by atoms with van der Waals surface area (Å²) in [5.41, 5.74) is 3.91. The molecular weight excluding hydrogens is 232 g/mol. The molecule has 0 radical (unpaired) electrons. The van der Waals surface area contributed by atoms with Gasteiger partial charge in [0.15, 0.2) is 0 Å². The first-order valence-corrected chi connectivity index (χ1v) is 7.10. The van der Waals surface area contributed by atoms with Crippen LogP contribution in [-0.4, -0.2) is 6.54 Å². The molecule has 1 heterocycles. The summed E-state index contributed by atoms with van der Waals surface area (Å²) in [6.07, 6.45) is 4.34. The molecule has 0 N–H and O–H groups in total. The second-order valence-corrected chi connectivity index (χ2v) is 4.85. The van der Waals surface area contributed by atoms with Gasteiger partial charge in [-0.05, 0) is 31.0 Å². The molecule has 2 aromatic rings. The fourth-order valence-electron chi connectivity index (χ4n) is 2.33. The summed E-state index contributed by atoms with van der Waals surface area (Å²) in [4.78, 5) is 0. The summed E-state index contributed by atoms with van der Waals surface area (Å²) < 4.78 is 2.28. The van der Waals surface area contributed by atoms with Gasteiger partial charge in [-0.25, -0.2) is 0 Å². The largest absolute Gasteiger partial charge is 0.212 e. The number of aromatic nitrogens is 1. The minimum absolute atomic E-state index is 1.02. The van der Waals surface area contributed by atoms with E-state index in [9.17, 15) is 0 Å². The number of nitrogens with zero attached hydrogens (tertiary/aromatic N) is 2. The van der Waals surface area contributed by atoms with E-state index in [1.807, 2.05) is 0 Å². The summed E-state index contributed by atoms with van der Waals surface area (Å²) in [5, 5.41) is 2.35. The Morgan fingerprint density at radius 3 is 2.42 bits per heavy atom. The molecule has 0 spiro atoms. The number of hydrogen-bond acceptors (Lipinski definition) is 1. The van der Waals surface area contributed by atoms with Crippen molar-refractivity contribution in [2.75, 3.05) is 11.6 Å². The van der Waals surface area contributed by atoms with Crippen LogP contribution in [0.15, 0.2) is 48.7 Å². The summed E-state index contributed by atoms with van der Waals surface area (Å²) in [6.45, 7) is 7.59. The van der Waals surface area contributed by atoms with Crippen molar-refractivity contribution in [2.24, 2.45) is 0 Å². The molecule has 100 valence electrons. The maximum Gasteiger partial charge on any atom is 0.212 e. The van der Waals surface area contributed by atoms with Crippen LogP contribution in [0.4, 0.5) is 5.69 Å². The van der Waals surface area contributed by atoms with Gasteiger partial charge >= 0.3 is 0 Å². The van der Waals surface area contributed by atoms with Crippen molar-refractivity contribution in [3.05, 3.63) is 59.9 Å². The summed E-state index contributed by atoms with van der Waals surface area (Å²) in [7, 11) is 0. The molecule has 1 aromatic carbocycles. The van der Waals surface area contributed by atoms with Crippen LogP contribution in [-0.2, 0) is 6.42 Å². The summed E-state index contributed by atoms with van der Waals surface area (Å²) >= 11 is 0. The molecule has 0 amide bonds. The van der Waals surface area contributed by atoms with E-state index in [0.29, 0.717) is 0 Å². The average Bonchev–Trinajstić information content (AvgIpc) is 2.46. The summed E-state index contributed by atoms with van der Waals surface area (Å²) in [6, 6.07) is 15.0. The number of aryl methyl sites for hydroxylation is 2. The van der Waals surface area contributed by atoms with Crippen LogP contribution in [0, 0.1) is 6.92 Å². The van der Waals surface area contributed by atoms with Crippen molar-refractivity contribution in [1.82, 2.24) is 0 Å². The Labute approximate surface area is 116 Å². The van der Waals surface area contributed by atoms with Crippen molar-refractivity contribution in [1.29, 1.82) is 0 Å². The standard InChI is InChI=1S/C17H23N2/c1-4-12-18(17-9-7-6-8-10-17)19-13-11-15(3)14-16(19)5-2/h6-11,13-14H,4-5,12H2,1-3H3/q+1. The van der Waals surface area contributed by atoms with E-state index in [1.165, 1.54) is 16.9 Å². The Morgan fingerprint density at radius 1 is 1.05 bits per heavy atom. The molecule has 2 rings (SSSR count). The Balaban J connectivity index is 2.45. The van der Waals surface area contributed by atoms with Crippen LogP contribution < -0.4 is 9.69 Å². The van der Waals surface area contributed by atoms with Gasteiger partial charge in [0.1, 0.15) is 0 Å². The van der Waals surface area contributed by atoms with Gasteiger partial charge in [-0.1, -0.05) is 36.7 Å². The Kier molecular flexibility index (Phi) is 4.56. The molecule has 0 aliphatic heterocycles. The highest BCUT2D eigenvalue weighted by atomic mass is 15.5. The smallest absolute Gasteiger partial charge is 0.148 e. The molecule has 1 aromatic heterocycles. The van der Waals surface area contributed by atoms with E-state index in [2.05, 4.69) is 79.1 Å². The molecule has 19 heavy (non-hydrogen) atoms. The first kappa shape index (κ1) is 13.6. The van der Waals surface area contributed by atoms with Crippen LogP contribution in [0.5, 0.6) is 0 Å². The van der Waals surface area contributed by atoms with Gasteiger partial charge in [0, 0.05) is 18.6 Å². The van der Waals surface area contributed by atoms with Crippen molar-refractivity contribution < 1.29 is 4.68 Å². The predicted molar refractivity (Wildman–Crippen MR) is 80.2 cm³/mol. The maximum absolute atomic E-state index is 2.35.